The van der Waals surface area contributed by atoms with Gasteiger partial charge < -0.3 is 10.6 Å². The standard InChI is InChI=1S/C11H24N2/c1-10(2,3)9(13-5)11(6-7-11)8-12-4/h9,12-13H,6-8H2,1-5H3. The molecule has 1 unspecified atom stereocenters. The summed E-state index contributed by atoms with van der Waals surface area (Å²) in [6.45, 7) is 8.12. The van der Waals surface area contributed by atoms with E-state index in [4.69, 9.17) is 0 Å². The lowest BCUT2D eigenvalue weighted by Gasteiger charge is -2.37. The molecule has 0 aromatic carbocycles. The Labute approximate surface area is 82.5 Å². The first-order chi connectivity index (χ1) is 5.96. The van der Waals surface area contributed by atoms with Crippen LogP contribution >= 0.6 is 0 Å². The van der Waals surface area contributed by atoms with Crippen molar-refractivity contribution >= 4 is 0 Å². The van der Waals surface area contributed by atoms with Gasteiger partial charge in [0.25, 0.3) is 0 Å². The molecule has 0 radical (unpaired) electrons. The molecule has 0 saturated heterocycles. The molecule has 0 amide bonds. The van der Waals surface area contributed by atoms with Crippen LogP contribution in [0.2, 0.25) is 0 Å². The molecular weight excluding hydrogens is 160 g/mol. The zero-order valence-corrected chi connectivity index (χ0v) is 9.70. The molecule has 1 rings (SSSR count). The van der Waals surface area contributed by atoms with Crippen molar-refractivity contribution in [3.8, 4) is 0 Å². The lowest BCUT2D eigenvalue weighted by atomic mass is 9.77. The molecule has 0 aromatic rings. The Kier molecular flexibility index (Phi) is 3.03. The van der Waals surface area contributed by atoms with E-state index in [1.165, 1.54) is 12.8 Å². The fourth-order valence-corrected chi connectivity index (χ4v) is 2.74. The van der Waals surface area contributed by atoms with Gasteiger partial charge in [0.15, 0.2) is 0 Å². The highest BCUT2D eigenvalue weighted by Crippen LogP contribution is 2.52. The highest BCUT2D eigenvalue weighted by Gasteiger charge is 2.51. The summed E-state index contributed by atoms with van der Waals surface area (Å²) in [5.41, 5.74) is 0.893. The van der Waals surface area contributed by atoms with Crippen LogP contribution in [-0.4, -0.2) is 26.7 Å². The molecule has 0 bridgehead atoms. The molecule has 1 fully saturated rings. The highest BCUT2D eigenvalue weighted by atomic mass is 15.0. The fraction of sp³-hybridized carbons (Fsp3) is 1.00. The molecule has 1 atom stereocenters. The summed E-state index contributed by atoms with van der Waals surface area (Å²) in [6.07, 6.45) is 2.74. The van der Waals surface area contributed by atoms with E-state index >= 15 is 0 Å². The minimum Gasteiger partial charge on any atom is -0.319 e. The van der Waals surface area contributed by atoms with Crippen LogP contribution in [-0.2, 0) is 0 Å². The lowest BCUT2D eigenvalue weighted by molar-refractivity contribution is 0.184. The van der Waals surface area contributed by atoms with Gasteiger partial charge in [-0.2, -0.15) is 0 Å². The average Bonchev–Trinajstić information content (AvgIpc) is 2.68. The summed E-state index contributed by atoms with van der Waals surface area (Å²) in [6, 6.07) is 0.632. The van der Waals surface area contributed by atoms with Crippen LogP contribution < -0.4 is 10.6 Å². The Hall–Kier alpha value is -0.0800. The maximum atomic E-state index is 3.49. The van der Waals surface area contributed by atoms with Crippen LogP contribution in [0, 0.1) is 10.8 Å². The number of hydrogen-bond donors (Lipinski definition) is 2. The zero-order valence-electron chi connectivity index (χ0n) is 9.70. The Morgan fingerprint density at radius 1 is 1.23 bits per heavy atom. The van der Waals surface area contributed by atoms with Crippen LogP contribution in [0.3, 0.4) is 0 Å². The van der Waals surface area contributed by atoms with Gasteiger partial charge in [-0.1, -0.05) is 20.8 Å². The van der Waals surface area contributed by atoms with Gasteiger partial charge in [0.05, 0.1) is 0 Å². The first-order valence-corrected chi connectivity index (χ1v) is 5.28. The summed E-state index contributed by atoms with van der Waals surface area (Å²) in [7, 11) is 4.14. The minimum atomic E-state index is 0.363. The van der Waals surface area contributed by atoms with Crippen LogP contribution in [0.5, 0.6) is 0 Å². The Balaban J connectivity index is 2.66. The molecule has 1 aliphatic rings. The van der Waals surface area contributed by atoms with Crippen LogP contribution in [0.1, 0.15) is 33.6 Å². The second kappa shape index (κ2) is 3.58. The molecule has 0 heterocycles. The number of nitrogens with one attached hydrogen (secondary N) is 2. The van der Waals surface area contributed by atoms with Crippen molar-refractivity contribution in [1.82, 2.24) is 10.6 Å². The predicted octanol–water partition coefficient (Wildman–Crippen LogP) is 1.62. The van der Waals surface area contributed by atoms with Crippen molar-refractivity contribution < 1.29 is 0 Å². The van der Waals surface area contributed by atoms with E-state index in [0.717, 1.165) is 6.54 Å². The lowest BCUT2D eigenvalue weighted by Crippen LogP contribution is -2.48. The second-order valence-corrected chi connectivity index (χ2v) is 5.48. The van der Waals surface area contributed by atoms with Gasteiger partial charge in [0.1, 0.15) is 0 Å². The van der Waals surface area contributed by atoms with Gasteiger partial charge >= 0.3 is 0 Å². The van der Waals surface area contributed by atoms with Gasteiger partial charge in [-0.25, -0.2) is 0 Å². The van der Waals surface area contributed by atoms with Gasteiger partial charge in [-0.15, -0.1) is 0 Å². The largest absolute Gasteiger partial charge is 0.319 e. The van der Waals surface area contributed by atoms with Crippen LogP contribution in [0.15, 0.2) is 0 Å². The van der Waals surface area contributed by atoms with Crippen molar-refractivity contribution in [3.05, 3.63) is 0 Å². The van der Waals surface area contributed by atoms with E-state index in [1.807, 2.05) is 0 Å². The van der Waals surface area contributed by atoms with E-state index in [2.05, 4.69) is 45.5 Å². The molecule has 1 aliphatic carbocycles. The molecule has 1 saturated carbocycles. The zero-order chi connectivity index (χ0) is 10.1. The van der Waals surface area contributed by atoms with Gasteiger partial charge in [0, 0.05) is 12.6 Å². The highest BCUT2D eigenvalue weighted by molar-refractivity contribution is 5.06. The maximum Gasteiger partial charge on any atom is 0.0181 e. The van der Waals surface area contributed by atoms with Crippen molar-refractivity contribution in [2.24, 2.45) is 10.8 Å². The molecule has 2 heteroatoms. The topological polar surface area (TPSA) is 24.1 Å². The second-order valence-electron chi connectivity index (χ2n) is 5.48. The van der Waals surface area contributed by atoms with Crippen LogP contribution in [0.4, 0.5) is 0 Å². The summed E-state index contributed by atoms with van der Waals surface area (Å²) in [5, 5.41) is 6.81. The van der Waals surface area contributed by atoms with E-state index in [1.54, 1.807) is 0 Å². The van der Waals surface area contributed by atoms with Crippen LogP contribution in [0.25, 0.3) is 0 Å². The van der Waals surface area contributed by atoms with Gasteiger partial charge in [-0.05, 0) is 37.8 Å². The Morgan fingerprint density at radius 3 is 2.00 bits per heavy atom. The van der Waals surface area contributed by atoms with Crippen molar-refractivity contribution in [2.45, 2.75) is 39.7 Å². The van der Waals surface area contributed by atoms with E-state index in [0.29, 0.717) is 16.9 Å². The molecule has 2 N–H and O–H groups in total. The molecule has 13 heavy (non-hydrogen) atoms. The average molecular weight is 184 g/mol. The van der Waals surface area contributed by atoms with Crippen molar-refractivity contribution in [3.63, 3.8) is 0 Å². The molecular formula is C11H24N2. The number of hydrogen-bond acceptors (Lipinski definition) is 2. The molecule has 78 valence electrons. The first-order valence-electron chi connectivity index (χ1n) is 5.28. The number of rotatable bonds is 4. The van der Waals surface area contributed by atoms with Gasteiger partial charge in [-0.3, -0.25) is 0 Å². The summed E-state index contributed by atoms with van der Waals surface area (Å²) < 4.78 is 0. The third-order valence-electron chi connectivity index (χ3n) is 3.19. The summed E-state index contributed by atoms with van der Waals surface area (Å²) in [5.74, 6) is 0. The maximum absolute atomic E-state index is 3.49. The Morgan fingerprint density at radius 2 is 1.77 bits per heavy atom. The molecule has 0 aromatic heterocycles. The first kappa shape index (κ1) is 11.0. The molecule has 2 nitrogen and oxygen atoms in total. The minimum absolute atomic E-state index is 0.363. The Bertz CT molecular complexity index is 165. The van der Waals surface area contributed by atoms with E-state index in [-0.39, 0.29) is 0 Å². The normalized spacial score (nSPS) is 22.8. The summed E-state index contributed by atoms with van der Waals surface area (Å²) in [4.78, 5) is 0. The third-order valence-corrected chi connectivity index (χ3v) is 3.19. The van der Waals surface area contributed by atoms with E-state index in [9.17, 15) is 0 Å². The SMILES string of the molecule is CNCC1(C(NC)C(C)(C)C)CC1. The summed E-state index contributed by atoms with van der Waals surface area (Å²) >= 11 is 0. The predicted molar refractivity (Wildman–Crippen MR) is 57.9 cm³/mol. The molecule has 0 aliphatic heterocycles. The van der Waals surface area contributed by atoms with Crippen molar-refractivity contribution in [1.29, 1.82) is 0 Å². The van der Waals surface area contributed by atoms with E-state index < -0.39 is 0 Å². The molecule has 0 spiro atoms. The quantitative estimate of drug-likeness (QED) is 0.694. The van der Waals surface area contributed by atoms with Crippen molar-refractivity contribution in [2.75, 3.05) is 20.6 Å². The third kappa shape index (κ3) is 2.23. The fourth-order valence-electron chi connectivity index (χ4n) is 2.74. The smallest absolute Gasteiger partial charge is 0.0181 e. The monoisotopic (exact) mass is 184 g/mol. The van der Waals surface area contributed by atoms with Gasteiger partial charge in [0.2, 0.25) is 0 Å².